The molecule has 3 unspecified atom stereocenters. The number of aromatic hydroxyl groups is 2. The number of hydrogen-bond acceptors (Lipinski definition) is 19. The molecule has 4 fully saturated rings. The average Bonchev–Trinajstić information content (AvgIpc) is 4.01. The average molecular weight is 881 g/mol. The van der Waals surface area contributed by atoms with E-state index in [2.05, 4.69) is 9.97 Å². The second-order valence-electron chi connectivity index (χ2n) is 15.9. The fourth-order valence-electron chi connectivity index (χ4n) is 6.75. The molecule has 2 aromatic heterocycles. The molecular formula is C37H49N6O15PS. The van der Waals surface area contributed by atoms with Gasteiger partial charge < -0.3 is 54.0 Å². The number of carbonyl (C=O) groups is 2. The Morgan fingerprint density at radius 1 is 0.900 bits per heavy atom. The molecule has 4 aliphatic rings. The first-order valence-corrected chi connectivity index (χ1v) is 21.3. The SMILES string of the molecule is CC1(C)OC2[C@@H](O1)[C@H](n1cnc(C#N)c1O)O[C@@H]2COP(=O)(OCCSC(=O)C(C)(C)C)Oc1ccccc1.CC1(C)OC2[C@@H](O1)[C@H](n1cnc(C(N)=O)c1O)O[C@@H]2CO. The summed E-state index contributed by atoms with van der Waals surface area (Å²) < 4.78 is 68.4. The first kappa shape index (κ1) is 45.4. The molecule has 0 radical (unpaired) electrons. The number of nitrogens with zero attached hydrogens (tertiary/aromatic N) is 5. The summed E-state index contributed by atoms with van der Waals surface area (Å²) in [6.07, 6.45) is -2.92. The first-order valence-electron chi connectivity index (χ1n) is 18.8. The van der Waals surface area contributed by atoms with Crippen molar-refractivity contribution >= 4 is 30.6 Å². The highest BCUT2D eigenvalue weighted by molar-refractivity contribution is 8.13. The normalized spacial score (nSPS) is 28.5. The van der Waals surface area contributed by atoms with Crippen LogP contribution in [0.15, 0.2) is 43.0 Å². The molecule has 1 aromatic carbocycles. The van der Waals surface area contributed by atoms with Crippen molar-refractivity contribution in [3.8, 4) is 23.6 Å². The fraction of sp³-hybridized carbons (Fsp3) is 0.595. The number of primary amides is 1. The van der Waals surface area contributed by atoms with Gasteiger partial charge in [-0.1, -0.05) is 50.7 Å². The van der Waals surface area contributed by atoms with Crippen LogP contribution in [0.5, 0.6) is 17.5 Å². The lowest BCUT2D eigenvalue weighted by Gasteiger charge is -2.25. The number of imidazole rings is 2. The lowest BCUT2D eigenvalue weighted by Crippen LogP contribution is -2.33. The lowest BCUT2D eigenvalue weighted by atomic mass is 10.00. The number of nitriles is 1. The number of ether oxygens (including phenoxy) is 6. The zero-order valence-electron chi connectivity index (χ0n) is 33.9. The van der Waals surface area contributed by atoms with Crippen molar-refractivity contribution in [3.63, 3.8) is 0 Å². The van der Waals surface area contributed by atoms with Gasteiger partial charge in [0.1, 0.15) is 61.1 Å². The molecule has 7 rings (SSSR count). The van der Waals surface area contributed by atoms with Crippen LogP contribution >= 0.6 is 19.6 Å². The van der Waals surface area contributed by atoms with Gasteiger partial charge in [-0.15, -0.1) is 0 Å². The number of rotatable bonds is 13. The van der Waals surface area contributed by atoms with Gasteiger partial charge >= 0.3 is 7.82 Å². The number of aliphatic hydroxyl groups is 1. The van der Waals surface area contributed by atoms with E-state index in [0.717, 1.165) is 11.8 Å². The summed E-state index contributed by atoms with van der Waals surface area (Å²) >= 11 is 1.08. The minimum atomic E-state index is -4.18. The smallest absolute Gasteiger partial charge is 0.493 e. The minimum absolute atomic E-state index is 0.0226. The second-order valence-corrected chi connectivity index (χ2v) is 18.6. The van der Waals surface area contributed by atoms with Crippen molar-refractivity contribution in [2.75, 3.05) is 25.6 Å². The maximum atomic E-state index is 13.7. The van der Waals surface area contributed by atoms with E-state index < -0.39 is 85.7 Å². The van der Waals surface area contributed by atoms with Crippen molar-refractivity contribution in [2.45, 2.75) is 109 Å². The van der Waals surface area contributed by atoms with E-state index in [4.69, 9.17) is 53.0 Å². The lowest BCUT2D eigenvalue weighted by molar-refractivity contribution is -0.200. The highest BCUT2D eigenvalue weighted by Gasteiger charge is 2.58. The van der Waals surface area contributed by atoms with E-state index in [1.807, 2.05) is 20.8 Å². The quantitative estimate of drug-likeness (QED) is 0.141. The van der Waals surface area contributed by atoms with E-state index in [1.54, 1.807) is 64.1 Å². The van der Waals surface area contributed by atoms with Gasteiger partial charge in [0, 0.05) is 11.2 Å². The van der Waals surface area contributed by atoms with Gasteiger partial charge in [-0.3, -0.25) is 27.8 Å². The van der Waals surface area contributed by atoms with Crippen molar-refractivity contribution in [2.24, 2.45) is 11.1 Å². The van der Waals surface area contributed by atoms with Gasteiger partial charge in [-0.2, -0.15) is 5.26 Å². The number of aliphatic hydroxyl groups excluding tert-OH is 1. The molecular weight excluding hydrogens is 831 g/mol. The Balaban J connectivity index is 0.000000240. The molecule has 60 heavy (non-hydrogen) atoms. The van der Waals surface area contributed by atoms with Crippen molar-refractivity contribution in [3.05, 3.63) is 54.4 Å². The van der Waals surface area contributed by atoms with Gasteiger partial charge in [-0.05, 0) is 39.8 Å². The van der Waals surface area contributed by atoms with Gasteiger partial charge in [0.05, 0.1) is 19.8 Å². The largest absolute Gasteiger partial charge is 0.530 e. The van der Waals surface area contributed by atoms with Gasteiger partial charge in [0.25, 0.3) is 5.91 Å². The molecule has 0 spiro atoms. The molecule has 23 heteroatoms. The van der Waals surface area contributed by atoms with Gasteiger partial charge in [0.15, 0.2) is 34.8 Å². The predicted octanol–water partition coefficient (Wildman–Crippen LogP) is 3.50. The zero-order chi connectivity index (χ0) is 43.8. The molecule has 3 aromatic rings. The summed E-state index contributed by atoms with van der Waals surface area (Å²) in [5.74, 6) is -2.90. The van der Waals surface area contributed by atoms with Crippen LogP contribution in [0.3, 0.4) is 0 Å². The molecule has 9 atom stereocenters. The number of thioether (sulfide) groups is 1. The Morgan fingerprint density at radius 2 is 1.45 bits per heavy atom. The molecule has 0 bridgehead atoms. The van der Waals surface area contributed by atoms with E-state index >= 15 is 0 Å². The Morgan fingerprint density at radius 3 is 1.98 bits per heavy atom. The highest BCUT2D eigenvalue weighted by atomic mass is 32.2. The van der Waals surface area contributed by atoms with Crippen LogP contribution in [0.4, 0.5) is 0 Å². The number of hydrogen-bond donors (Lipinski definition) is 4. The van der Waals surface area contributed by atoms with Crippen molar-refractivity contribution < 1.29 is 71.5 Å². The molecule has 21 nitrogen and oxygen atoms in total. The number of amides is 1. The van der Waals surface area contributed by atoms with Crippen molar-refractivity contribution in [1.82, 2.24) is 19.1 Å². The number of benzene rings is 1. The number of phosphoric acid groups is 1. The molecule has 0 aliphatic carbocycles. The monoisotopic (exact) mass is 880 g/mol. The first-order chi connectivity index (χ1) is 28.2. The number of para-hydroxylation sites is 1. The summed E-state index contributed by atoms with van der Waals surface area (Å²) in [6, 6.07) is 10.2. The molecule has 6 heterocycles. The number of fused-ring (bicyclic) bond motifs is 2. The summed E-state index contributed by atoms with van der Waals surface area (Å²) in [5, 5.41) is 39.0. The number of carbonyl (C=O) groups excluding carboxylic acids is 2. The third kappa shape index (κ3) is 9.98. The third-order valence-corrected chi connectivity index (χ3v) is 12.0. The van der Waals surface area contributed by atoms with Crippen LogP contribution in [0.2, 0.25) is 0 Å². The van der Waals surface area contributed by atoms with Crippen molar-refractivity contribution in [1.29, 1.82) is 5.26 Å². The Labute approximate surface area is 349 Å². The van der Waals surface area contributed by atoms with E-state index in [9.17, 15) is 29.5 Å². The van der Waals surface area contributed by atoms with Gasteiger partial charge in [-0.25, -0.2) is 14.5 Å². The summed E-state index contributed by atoms with van der Waals surface area (Å²) in [6.45, 7) is 11.8. The Hall–Kier alpha value is -4.11. The third-order valence-electron chi connectivity index (χ3n) is 9.39. The van der Waals surface area contributed by atoms with Crippen LogP contribution in [0.1, 0.15) is 77.1 Å². The Kier molecular flexibility index (Phi) is 13.4. The zero-order valence-corrected chi connectivity index (χ0v) is 35.6. The predicted molar refractivity (Wildman–Crippen MR) is 207 cm³/mol. The molecule has 4 saturated heterocycles. The number of aromatic nitrogens is 4. The second kappa shape index (κ2) is 17.7. The van der Waals surface area contributed by atoms with E-state index in [0.29, 0.717) is 0 Å². The fourth-order valence-corrected chi connectivity index (χ4v) is 8.86. The van der Waals surface area contributed by atoms with Gasteiger partial charge in [0.2, 0.25) is 17.5 Å². The van der Waals surface area contributed by atoms with Crippen LogP contribution in [0.25, 0.3) is 0 Å². The number of phosphoric ester groups is 1. The minimum Gasteiger partial charge on any atom is -0.493 e. The van der Waals surface area contributed by atoms with Crippen LogP contribution in [0, 0.1) is 16.7 Å². The maximum Gasteiger partial charge on any atom is 0.530 e. The maximum absolute atomic E-state index is 13.7. The molecule has 4 aliphatic heterocycles. The van der Waals surface area contributed by atoms with Crippen LogP contribution < -0.4 is 10.3 Å². The summed E-state index contributed by atoms with van der Waals surface area (Å²) in [4.78, 5) is 31.0. The highest BCUT2D eigenvalue weighted by Crippen LogP contribution is 2.52. The van der Waals surface area contributed by atoms with E-state index in [-0.39, 0.29) is 53.7 Å². The molecule has 0 saturated carbocycles. The molecule has 5 N–H and O–H groups in total. The topological polar surface area (TPSA) is 280 Å². The summed E-state index contributed by atoms with van der Waals surface area (Å²) in [5.41, 5.74) is 4.19. The summed E-state index contributed by atoms with van der Waals surface area (Å²) in [7, 11) is -4.18. The van der Waals surface area contributed by atoms with E-state index in [1.165, 1.54) is 21.8 Å². The number of nitrogens with two attached hydrogens (primary N) is 1. The molecule has 328 valence electrons. The molecule has 1 amide bonds. The van der Waals surface area contributed by atoms with Crippen LogP contribution in [-0.2, 0) is 46.8 Å². The Bertz CT molecular complexity index is 2100. The van der Waals surface area contributed by atoms with Crippen LogP contribution in [-0.4, -0.2) is 119 Å². The standard InChI is InChI=1S/C25H32N3O9PS.C12H17N3O6/c1-24(2,3)23(30)39-12-11-32-38(31,37-16-9-7-6-8-10-16)33-14-18-19-20(36-25(4,5)35-19)22(34-18)28-15-27-17(13-26)21(28)29;1-12(2)20-7-5(3-16)19-11(8(7)21-12)15-4-14-6(9(13)17)10(15)18/h6-10,15,18-20,22,29H,11-12,14H2,1-5H3;4-5,7-8,11,16,18H,3H2,1-2H3,(H2,13,17)/t18-,19?,20-,22-,38?;5-,7?,8-,11-/m11/s1.